The number of aromatic hydroxyl groups is 1. The molecule has 6 nitrogen and oxygen atoms in total. The van der Waals surface area contributed by atoms with E-state index in [0.717, 1.165) is 76.5 Å². The monoisotopic (exact) mass is 712 g/mol. The third kappa shape index (κ3) is 7.07. The van der Waals surface area contributed by atoms with Crippen LogP contribution in [-0.2, 0) is 27.2 Å². The number of carbonyl (C=O) groups excluding carboxylic acids is 2. The standard InChI is InChI=1S/C28H40O4.C18H24O2/c1-4-6-8-26(29)31-20-11-13-21-19(18-20)10-12-23-22(21)16-17-28(3)24(23)14-15-25(28)32-27(30)9-7-5-2;1-18-9-8-14-13-5-3-12(19)10-11(13)2-4-15(14)16(18)6-7-17(18)20/h11,13,18,22-25H,4-10,12,14-17H2,1-3H3;3,5,10,14-17,19-20H,2,4,6-9H2,1H3/t22-,23-,24+,25+,28+;14-,15-,16+,17+,18+/m11/s1. The van der Waals surface area contributed by atoms with Gasteiger partial charge in [-0.15, -0.1) is 0 Å². The first-order valence-corrected chi connectivity index (χ1v) is 21.1. The number of rotatable bonds is 8. The Bertz CT molecular complexity index is 1600. The Hall–Kier alpha value is -2.86. The average Bonchev–Trinajstić information content (AvgIpc) is 3.64. The topological polar surface area (TPSA) is 93.1 Å². The van der Waals surface area contributed by atoms with Crippen molar-refractivity contribution in [2.45, 2.75) is 167 Å². The number of carbonyl (C=O) groups is 2. The van der Waals surface area contributed by atoms with Crippen molar-refractivity contribution in [2.24, 2.45) is 34.5 Å². The molecule has 6 aliphatic rings. The number of phenols is 1. The number of aliphatic hydroxyl groups is 1. The lowest BCUT2D eigenvalue weighted by Crippen LogP contribution is -2.45. The molecule has 0 aliphatic heterocycles. The number of aryl methyl sites for hydroxylation is 2. The summed E-state index contributed by atoms with van der Waals surface area (Å²) in [6.45, 7) is 8.90. The molecule has 4 saturated carbocycles. The van der Waals surface area contributed by atoms with Crippen LogP contribution < -0.4 is 4.74 Å². The van der Waals surface area contributed by atoms with Crippen LogP contribution in [0, 0.1) is 34.5 Å². The maximum Gasteiger partial charge on any atom is 0.311 e. The van der Waals surface area contributed by atoms with Gasteiger partial charge in [0.15, 0.2) is 0 Å². The SMILES string of the molecule is CCCCC(=O)Oc1ccc2c(c1)CC[C@@H]1[C@@H]2CC[C@]2(C)[C@@H](OC(=O)CCCC)CC[C@@H]12.C[C@]12CC[C@@H]3c4ccc(O)cc4CC[C@H]3[C@@H]1CC[C@@H]2O. The van der Waals surface area contributed by atoms with Crippen molar-refractivity contribution in [1.29, 1.82) is 0 Å². The van der Waals surface area contributed by atoms with Crippen molar-refractivity contribution < 1.29 is 29.3 Å². The molecule has 0 saturated heterocycles. The second-order valence-electron chi connectivity index (χ2n) is 18.0. The maximum atomic E-state index is 12.3. The van der Waals surface area contributed by atoms with Crippen LogP contribution in [0.2, 0.25) is 0 Å². The summed E-state index contributed by atoms with van der Waals surface area (Å²) in [4.78, 5) is 24.4. The van der Waals surface area contributed by atoms with E-state index in [2.05, 4.69) is 45.9 Å². The van der Waals surface area contributed by atoms with E-state index in [-0.39, 0.29) is 35.0 Å². The van der Waals surface area contributed by atoms with E-state index in [4.69, 9.17) is 9.47 Å². The Balaban J connectivity index is 0.000000179. The van der Waals surface area contributed by atoms with Gasteiger partial charge in [0, 0.05) is 18.3 Å². The molecule has 0 aromatic heterocycles. The first-order chi connectivity index (χ1) is 25.1. The van der Waals surface area contributed by atoms with E-state index in [1.807, 2.05) is 18.2 Å². The molecule has 0 spiro atoms. The van der Waals surface area contributed by atoms with Crippen LogP contribution in [0.5, 0.6) is 11.5 Å². The van der Waals surface area contributed by atoms with Gasteiger partial charge in [0.05, 0.1) is 6.10 Å². The Morgan fingerprint density at radius 1 is 0.712 bits per heavy atom. The number of aliphatic hydroxyl groups excluding tert-OH is 1. The second-order valence-corrected chi connectivity index (χ2v) is 18.0. The third-order valence-corrected chi connectivity index (χ3v) is 15.2. The number of fused-ring (bicyclic) bond motifs is 10. The van der Waals surface area contributed by atoms with Crippen LogP contribution in [0.4, 0.5) is 0 Å². The molecule has 2 aromatic rings. The zero-order valence-electron chi connectivity index (χ0n) is 32.3. The number of benzene rings is 2. The lowest BCUT2D eigenvalue weighted by molar-refractivity contribution is -0.157. The lowest BCUT2D eigenvalue weighted by atomic mass is 9.55. The van der Waals surface area contributed by atoms with Gasteiger partial charge in [0.1, 0.15) is 17.6 Å². The predicted molar refractivity (Wildman–Crippen MR) is 204 cm³/mol. The third-order valence-electron chi connectivity index (χ3n) is 15.2. The quantitative estimate of drug-likeness (QED) is 0.209. The van der Waals surface area contributed by atoms with Crippen molar-refractivity contribution >= 4 is 11.9 Å². The number of unbranched alkanes of at least 4 members (excludes halogenated alkanes) is 2. The molecule has 2 aromatic carbocycles. The molecule has 2 N–H and O–H groups in total. The van der Waals surface area contributed by atoms with E-state index in [0.29, 0.717) is 53.9 Å². The molecule has 6 aliphatic carbocycles. The van der Waals surface area contributed by atoms with E-state index in [9.17, 15) is 19.8 Å². The molecule has 0 amide bonds. The van der Waals surface area contributed by atoms with Gasteiger partial charge in [-0.2, -0.15) is 0 Å². The Kier molecular flexibility index (Phi) is 11.1. The van der Waals surface area contributed by atoms with E-state index in [1.165, 1.54) is 54.4 Å². The number of hydrogen-bond acceptors (Lipinski definition) is 6. The van der Waals surface area contributed by atoms with E-state index < -0.39 is 0 Å². The molecule has 10 atom stereocenters. The average molecular weight is 713 g/mol. The van der Waals surface area contributed by atoms with E-state index >= 15 is 0 Å². The van der Waals surface area contributed by atoms with Crippen LogP contribution in [0.15, 0.2) is 36.4 Å². The molecule has 0 bridgehead atoms. The fraction of sp³-hybridized carbons (Fsp3) is 0.696. The van der Waals surface area contributed by atoms with Crippen molar-refractivity contribution in [2.75, 3.05) is 0 Å². The number of ether oxygens (including phenoxy) is 2. The fourth-order valence-corrected chi connectivity index (χ4v) is 12.4. The Morgan fingerprint density at radius 2 is 1.29 bits per heavy atom. The molecule has 0 unspecified atom stereocenters. The smallest absolute Gasteiger partial charge is 0.311 e. The minimum absolute atomic E-state index is 0.00384. The molecule has 8 rings (SSSR count). The van der Waals surface area contributed by atoms with Gasteiger partial charge < -0.3 is 19.7 Å². The predicted octanol–water partition coefficient (Wildman–Crippen LogP) is 10.3. The largest absolute Gasteiger partial charge is 0.508 e. The van der Waals surface area contributed by atoms with Gasteiger partial charge in [-0.25, -0.2) is 0 Å². The summed E-state index contributed by atoms with van der Waals surface area (Å²) < 4.78 is 11.6. The van der Waals surface area contributed by atoms with Gasteiger partial charge in [-0.1, -0.05) is 52.7 Å². The highest BCUT2D eigenvalue weighted by molar-refractivity contribution is 5.72. The second kappa shape index (κ2) is 15.5. The zero-order valence-corrected chi connectivity index (χ0v) is 32.3. The van der Waals surface area contributed by atoms with Crippen LogP contribution in [-0.4, -0.2) is 34.4 Å². The summed E-state index contributed by atoms with van der Waals surface area (Å²) in [5, 5.41) is 20.0. The number of hydrogen-bond donors (Lipinski definition) is 2. The van der Waals surface area contributed by atoms with Gasteiger partial charge in [0.2, 0.25) is 0 Å². The minimum atomic E-state index is -0.126. The van der Waals surface area contributed by atoms with Gasteiger partial charge in [-0.3, -0.25) is 9.59 Å². The molecule has 0 radical (unpaired) electrons. The molecule has 4 fully saturated rings. The number of phenolic OH excluding ortho intramolecular Hbond substituents is 1. The van der Waals surface area contributed by atoms with E-state index in [1.54, 1.807) is 0 Å². The first kappa shape index (κ1) is 37.5. The normalized spacial score (nSPS) is 35.3. The number of esters is 2. The maximum absolute atomic E-state index is 12.3. The fourth-order valence-electron chi connectivity index (χ4n) is 12.4. The molecule has 284 valence electrons. The van der Waals surface area contributed by atoms with Crippen molar-refractivity contribution in [3.8, 4) is 11.5 Å². The lowest BCUT2D eigenvalue weighted by Gasteiger charge is -2.50. The van der Waals surface area contributed by atoms with Gasteiger partial charge in [0.25, 0.3) is 0 Å². The van der Waals surface area contributed by atoms with Crippen LogP contribution in [0.25, 0.3) is 0 Å². The summed E-state index contributed by atoms with van der Waals surface area (Å²) in [5.74, 6) is 4.93. The highest BCUT2D eigenvalue weighted by Crippen LogP contribution is 2.62. The molecule has 0 heterocycles. The minimum Gasteiger partial charge on any atom is -0.508 e. The zero-order chi connectivity index (χ0) is 36.6. The first-order valence-electron chi connectivity index (χ1n) is 21.1. The molecular weight excluding hydrogens is 649 g/mol. The van der Waals surface area contributed by atoms with Crippen molar-refractivity contribution in [1.82, 2.24) is 0 Å². The van der Waals surface area contributed by atoms with Crippen LogP contribution in [0.1, 0.15) is 165 Å². The van der Waals surface area contributed by atoms with Crippen LogP contribution in [0.3, 0.4) is 0 Å². The highest BCUT2D eigenvalue weighted by Gasteiger charge is 2.57. The molecule has 6 heteroatoms. The van der Waals surface area contributed by atoms with Gasteiger partial charge in [-0.05, 0) is 177 Å². The van der Waals surface area contributed by atoms with Crippen LogP contribution >= 0.6 is 0 Å². The van der Waals surface area contributed by atoms with Crippen molar-refractivity contribution in [3.63, 3.8) is 0 Å². The van der Waals surface area contributed by atoms with Gasteiger partial charge >= 0.3 is 11.9 Å². The molecule has 52 heavy (non-hydrogen) atoms. The summed E-state index contributed by atoms with van der Waals surface area (Å²) in [6.07, 6.45) is 18.4. The Morgan fingerprint density at radius 3 is 1.96 bits per heavy atom. The Labute approximate surface area is 312 Å². The van der Waals surface area contributed by atoms with Crippen molar-refractivity contribution in [3.05, 3.63) is 58.7 Å². The summed E-state index contributed by atoms with van der Waals surface area (Å²) in [5.41, 5.74) is 5.93. The molecular formula is C46H64O6. The summed E-state index contributed by atoms with van der Waals surface area (Å²) >= 11 is 0. The summed E-state index contributed by atoms with van der Waals surface area (Å²) in [6, 6.07) is 12.3. The highest BCUT2D eigenvalue weighted by atomic mass is 16.5. The summed E-state index contributed by atoms with van der Waals surface area (Å²) in [7, 11) is 0.